The fourth-order valence-corrected chi connectivity index (χ4v) is 2.78. The van der Waals surface area contributed by atoms with Gasteiger partial charge in [0.2, 0.25) is 0 Å². The van der Waals surface area contributed by atoms with Crippen LogP contribution in [0, 0.1) is 5.92 Å². The Hall–Kier alpha value is -1.75. The number of amides is 2. The molecular weight excluding hydrogens is 292 g/mol. The lowest BCUT2D eigenvalue weighted by Gasteiger charge is -2.37. The SMILES string of the molecule is CC1CCCN(C(=O)Nc2ccc(Cl)cc2C(=O)O)C1C. The molecular formula is C15H19ClN2O3. The molecule has 114 valence electrons. The predicted molar refractivity (Wildman–Crippen MR) is 82.0 cm³/mol. The lowest BCUT2D eigenvalue weighted by atomic mass is 9.92. The molecule has 2 atom stereocenters. The molecule has 1 saturated heterocycles. The standard InChI is InChI=1S/C15H19ClN2O3/c1-9-4-3-7-18(10(9)2)15(21)17-13-6-5-11(16)8-12(13)14(19)20/h5-6,8-10H,3-4,7H2,1-2H3,(H,17,21)(H,19,20). The molecule has 5 nitrogen and oxygen atoms in total. The molecule has 21 heavy (non-hydrogen) atoms. The molecule has 0 bridgehead atoms. The van der Waals surface area contributed by atoms with Crippen molar-refractivity contribution in [3.05, 3.63) is 28.8 Å². The molecule has 2 N–H and O–H groups in total. The Balaban J connectivity index is 2.18. The highest BCUT2D eigenvalue weighted by Crippen LogP contribution is 2.25. The molecule has 1 heterocycles. The zero-order valence-corrected chi connectivity index (χ0v) is 12.9. The summed E-state index contributed by atoms with van der Waals surface area (Å²) in [6.07, 6.45) is 2.07. The second-order valence-corrected chi connectivity index (χ2v) is 5.92. The number of carboxylic acid groups (broad SMARTS) is 1. The number of hydrogen-bond acceptors (Lipinski definition) is 2. The third-order valence-electron chi connectivity index (χ3n) is 4.09. The van der Waals surface area contributed by atoms with Gasteiger partial charge >= 0.3 is 12.0 Å². The summed E-state index contributed by atoms with van der Waals surface area (Å²) >= 11 is 5.80. The first-order valence-corrected chi connectivity index (χ1v) is 7.38. The second kappa shape index (κ2) is 6.35. The Morgan fingerprint density at radius 3 is 2.76 bits per heavy atom. The van der Waals surface area contributed by atoms with Crippen LogP contribution in [-0.4, -0.2) is 34.6 Å². The van der Waals surface area contributed by atoms with E-state index in [-0.39, 0.29) is 23.3 Å². The van der Waals surface area contributed by atoms with E-state index in [1.54, 1.807) is 11.0 Å². The quantitative estimate of drug-likeness (QED) is 0.875. The van der Waals surface area contributed by atoms with Gasteiger partial charge in [-0.05, 0) is 43.9 Å². The van der Waals surface area contributed by atoms with Gasteiger partial charge in [-0.2, -0.15) is 0 Å². The molecule has 0 aliphatic carbocycles. The summed E-state index contributed by atoms with van der Waals surface area (Å²) in [6, 6.07) is 4.29. The number of rotatable bonds is 2. The van der Waals surface area contributed by atoms with Crippen molar-refractivity contribution in [1.29, 1.82) is 0 Å². The van der Waals surface area contributed by atoms with Gasteiger partial charge in [0.25, 0.3) is 0 Å². The van der Waals surface area contributed by atoms with Crippen LogP contribution < -0.4 is 5.32 Å². The molecule has 1 fully saturated rings. The maximum absolute atomic E-state index is 12.4. The van der Waals surface area contributed by atoms with Crippen LogP contribution in [0.4, 0.5) is 10.5 Å². The van der Waals surface area contributed by atoms with E-state index in [9.17, 15) is 14.7 Å². The van der Waals surface area contributed by atoms with Crippen LogP contribution in [-0.2, 0) is 0 Å². The molecule has 0 saturated carbocycles. The number of piperidine rings is 1. The van der Waals surface area contributed by atoms with E-state index in [4.69, 9.17) is 11.6 Å². The van der Waals surface area contributed by atoms with E-state index in [1.807, 2.05) is 6.92 Å². The molecule has 0 radical (unpaired) electrons. The Labute approximate surface area is 128 Å². The van der Waals surface area contributed by atoms with Crippen molar-refractivity contribution in [2.24, 2.45) is 5.92 Å². The van der Waals surface area contributed by atoms with Crippen molar-refractivity contribution in [3.63, 3.8) is 0 Å². The highest BCUT2D eigenvalue weighted by atomic mass is 35.5. The normalized spacial score (nSPS) is 22.0. The van der Waals surface area contributed by atoms with E-state index in [1.165, 1.54) is 12.1 Å². The summed E-state index contributed by atoms with van der Waals surface area (Å²) in [5.74, 6) is -0.679. The van der Waals surface area contributed by atoms with E-state index in [0.29, 0.717) is 17.5 Å². The predicted octanol–water partition coefficient (Wildman–Crippen LogP) is 3.69. The molecule has 6 heteroatoms. The largest absolute Gasteiger partial charge is 0.478 e. The van der Waals surface area contributed by atoms with Crippen LogP contribution in [0.3, 0.4) is 0 Å². The average Bonchev–Trinajstić information content (AvgIpc) is 2.43. The van der Waals surface area contributed by atoms with Crippen LogP contribution in [0.1, 0.15) is 37.0 Å². The maximum Gasteiger partial charge on any atom is 0.337 e. The minimum atomic E-state index is -1.12. The second-order valence-electron chi connectivity index (χ2n) is 5.48. The van der Waals surface area contributed by atoms with Gasteiger partial charge in [-0.1, -0.05) is 18.5 Å². The fraction of sp³-hybridized carbons (Fsp3) is 0.467. The Morgan fingerprint density at radius 1 is 1.38 bits per heavy atom. The zero-order valence-electron chi connectivity index (χ0n) is 12.1. The number of nitrogens with one attached hydrogen (secondary N) is 1. The highest BCUT2D eigenvalue weighted by molar-refractivity contribution is 6.31. The van der Waals surface area contributed by atoms with Gasteiger partial charge in [-0.25, -0.2) is 9.59 Å². The van der Waals surface area contributed by atoms with E-state index in [2.05, 4.69) is 12.2 Å². The summed E-state index contributed by atoms with van der Waals surface area (Å²) in [5.41, 5.74) is 0.260. The Morgan fingerprint density at radius 2 is 2.10 bits per heavy atom. The third-order valence-corrected chi connectivity index (χ3v) is 4.32. The average molecular weight is 311 g/mol. The monoisotopic (exact) mass is 310 g/mol. The lowest BCUT2D eigenvalue weighted by Crippen LogP contribution is -2.48. The molecule has 0 spiro atoms. The smallest absolute Gasteiger partial charge is 0.337 e. The van der Waals surface area contributed by atoms with E-state index >= 15 is 0 Å². The van der Waals surface area contributed by atoms with E-state index < -0.39 is 5.97 Å². The number of nitrogens with zero attached hydrogens (tertiary/aromatic N) is 1. The molecule has 2 unspecified atom stereocenters. The number of halogens is 1. The number of hydrogen-bond donors (Lipinski definition) is 2. The Kier molecular flexibility index (Phi) is 4.73. The summed E-state index contributed by atoms with van der Waals surface area (Å²) in [5, 5.41) is 12.2. The molecule has 1 aliphatic rings. The number of carbonyl (C=O) groups excluding carboxylic acids is 1. The number of likely N-dealkylation sites (tertiary alicyclic amines) is 1. The van der Waals surface area contributed by atoms with Crippen LogP contribution >= 0.6 is 11.6 Å². The number of urea groups is 1. The van der Waals surface area contributed by atoms with E-state index in [0.717, 1.165) is 12.8 Å². The van der Waals surface area contributed by atoms with Gasteiger partial charge in [-0.3, -0.25) is 0 Å². The van der Waals surface area contributed by atoms with Crippen LogP contribution in [0.5, 0.6) is 0 Å². The van der Waals surface area contributed by atoms with Crippen LogP contribution in [0.25, 0.3) is 0 Å². The molecule has 0 aromatic heterocycles. The number of benzene rings is 1. The first kappa shape index (κ1) is 15.6. The van der Waals surface area contributed by atoms with Crippen molar-refractivity contribution in [2.45, 2.75) is 32.7 Å². The van der Waals surface area contributed by atoms with Crippen molar-refractivity contribution in [1.82, 2.24) is 4.90 Å². The first-order chi connectivity index (χ1) is 9.90. The molecule has 1 aromatic carbocycles. The maximum atomic E-state index is 12.4. The van der Waals surface area contributed by atoms with Crippen molar-refractivity contribution in [3.8, 4) is 0 Å². The van der Waals surface area contributed by atoms with Crippen molar-refractivity contribution >= 4 is 29.3 Å². The lowest BCUT2D eigenvalue weighted by molar-refractivity contribution is 0.0698. The van der Waals surface area contributed by atoms with Gasteiger partial charge in [0, 0.05) is 17.6 Å². The topological polar surface area (TPSA) is 69.6 Å². The summed E-state index contributed by atoms with van der Waals surface area (Å²) in [4.78, 5) is 25.4. The first-order valence-electron chi connectivity index (χ1n) is 7.00. The molecule has 2 amide bonds. The van der Waals surface area contributed by atoms with Crippen molar-refractivity contribution < 1.29 is 14.7 Å². The highest BCUT2D eigenvalue weighted by Gasteiger charge is 2.28. The van der Waals surface area contributed by atoms with Crippen LogP contribution in [0.15, 0.2) is 18.2 Å². The minimum absolute atomic E-state index is 0.00596. The number of carboxylic acids is 1. The molecule has 1 aliphatic heterocycles. The van der Waals surface area contributed by atoms with Crippen molar-refractivity contribution in [2.75, 3.05) is 11.9 Å². The van der Waals surface area contributed by atoms with Gasteiger partial charge in [0.15, 0.2) is 0 Å². The zero-order chi connectivity index (χ0) is 15.6. The summed E-state index contributed by atoms with van der Waals surface area (Å²) < 4.78 is 0. The third kappa shape index (κ3) is 3.47. The Bertz CT molecular complexity index is 562. The number of aromatic carboxylic acids is 1. The van der Waals surface area contributed by atoms with Gasteiger partial charge in [0.05, 0.1) is 11.3 Å². The number of anilines is 1. The molecule has 1 aromatic rings. The van der Waals surface area contributed by atoms with Crippen LogP contribution in [0.2, 0.25) is 5.02 Å². The summed E-state index contributed by atoms with van der Waals surface area (Å²) in [6.45, 7) is 4.83. The van der Waals surface area contributed by atoms with Gasteiger partial charge < -0.3 is 15.3 Å². The summed E-state index contributed by atoms with van der Waals surface area (Å²) in [7, 11) is 0. The molecule has 2 rings (SSSR count). The number of carbonyl (C=O) groups is 2. The fourth-order valence-electron chi connectivity index (χ4n) is 2.61. The van der Waals surface area contributed by atoms with Gasteiger partial charge in [0.1, 0.15) is 0 Å². The minimum Gasteiger partial charge on any atom is -0.478 e. The van der Waals surface area contributed by atoms with Gasteiger partial charge in [-0.15, -0.1) is 0 Å².